The van der Waals surface area contributed by atoms with Crippen molar-refractivity contribution in [1.29, 1.82) is 0 Å². The van der Waals surface area contributed by atoms with Crippen molar-refractivity contribution in [2.75, 3.05) is 0 Å². The maximum Gasteiger partial charge on any atom is 0.167 e. The maximum absolute atomic E-state index is 6.79. The van der Waals surface area contributed by atoms with E-state index in [0.29, 0.717) is 22.9 Å². The molecule has 0 N–H and O–H groups in total. The Labute approximate surface area is 386 Å². The minimum absolute atomic E-state index is 0.338. The number of aromatic nitrogens is 4. The molecule has 4 fully saturated rings. The summed E-state index contributed by atoms with van der Waals surface area (Å²) < 4.78 is 15.7. The van der Waals surface area contributed by atoms with Gasteiger partial charge in [0.05, 0.1) is 22.2 Å². The molecule has 4 aromatic heterocycles. The lowest BCUT2D eigenvalue weighted by Gasteiger charge is -2.57. The Kier molecular flexibility index (Phi) is 7.86. The van der Waals surface area contributed by atoms with Crippen LogP contribution in [-0.2, 0) is 5.41 Å². The van der Waals surface area contributed by atoms with E-state index in [0.717, 1.165) is 101 Å². The van der Waals surface area contributed by atoms with Gasteiger partial charge in [0, 0.05) is 43.6 Å². The zero-order chi connectivity index (χ0) is 43.8. The number of para-hydroxylation sites is 5. The molecule has 6 nitrogen and oxygen atoms in total. The van der Waals surface area contributed by atoms with Crippen molar-refractivity contribution in [3.8, 4) is 51.0 Å². The lowest BCUT2D eigenvalue weighted by Crippen LogP contribution is -2.48. The number of hydrogen-bond donors (Lipinski definition) is 0. The summed E-state index contributed by atoms with van der Waals surface area (Å²) in [7, 11) is 0. The van der Waals surface area contributed by atoms with Crippen molar-refractivity contribution in [3.05, 3.63) is 181 Å². The fourth-order valence-corrected chi connectivity index (χ4v) is 13.3. The molecule has 4 aliphatic carbocycles. The molecule has 12 aromatic rings. The SMILES string of the molecule is c1ccc2c(c1)oc1c(-c3nc(-c4ccc(-n5c6ccccc6c6ccccc65)cc4)nc(-c4cc(-c5ccc(C67CC8CC(CC(C8)C6)C7)cc5)cc5c4oc4ccccc45)n3)cccc12. The standard InChI is InChI=1S/C61H44N4O2/c1-5-16-52-44(10-1)45-11-2-6-17-53(45)65(52)43-26-22-40(23-27-43)58-62-59(49-15-9-14-48-46-12-3-7-18-54(46)66-56(48)49)64-60(63-58)51-32-41(31-50-47-13-4-8-19-55(47)67-57(50)51)39-20-24-42(25-21-39)61-33-36-28-37(34-61)30-38(29-36)35-61/h1-27,31-32,36-38H,28-30,33-35H2. The highest BCUT2D eigenvalue weighted by atomic mass is 16.3. The van der Waals surface area contributed by atoms with Gasteiger partial charge in [-0.15, -0.1) is 0 Å². The molecular weight excluding hydrogens is 821 g/mol. The molecule has 0 aliphatic heterocycles. The van der Waals surface area contributed by atoms with Gasteiger partial charge < -0.3 is 13.4 Å². The second-order valence-electron chi connectivity index (χ2n) is 19.8. The smallest absolute Gasteiger partial charge is 0.167 e. The van der Waals surface area contributed by atoms with Crippen molar-refractivity contribution >= 4 is 65.7 Å². The molecule has 0 unspecified atom stereocenters. The van der Waals surface area contributed by atoms with E-state index in [-0.39, 0.29) is 0 Å². The van der Waals surface area contributed by atoms with Gasteiger partial charge in [-0.3, -0.25) is 0 Å². The summed E-state index contributed by atoms with van der Waals surface area (Å²) >= 11 is 0. The minimum atomic E-state index is 0.338. The van der Waals surface area contributed by atoms with Gasteiger partial charge >= 0.3 is 0 Å². The van der Waals surface area contributed by atoms with Gasteiger partial charge in [0.1, 0.15) is 22.3 Å². The Balaban J connectivity index is 0.917. The highest BCUT2D eigenvalue weighted by Gasteiger charge is 2.51. The summed E-state index contributed by atoms with van der Waals surface area (Å²) in [5.41, 5.74) is 13.2. The Morgan fingerprint density at radius 2 is 0.910 bits per heavy atom. The lowest BCUT2D eigenvalue weighted by atomic mass is 9.48. The number of rotatable bonds is 6. The first kappa shape index (κ1) is 37.4. The van der Waals surface area contributed by atoms with Crippen LogP contribution in [0.1, 0.15) is 44.1 Å². The molecule has 4 heterocycles. The molecule has 0 saturated heterocycles. The summed E-state index contributed by atoms with van der Waals surface area (Å²) in [4.78, 5) is 16.0. The Morgan fingerprint density at radius 1 is 0.403 bits per heavy atom. The molecular formula is C61H44N4O2. The van der Waals surface area contributed by atoms with Gasteiger partial charge in [0.2, 0.25) is 0 Å². The zero-order valence-corrected chi connectivity index (χ0v) is 36.8. The number of furan rings is 2. The first-order valence-electron chi connectivity index (χ1n) is 23.9. The Morgan fingerprint density at radius 3 is 1.55 bits per heavy atom. The monoisotopic (exact) mass is 864 g/mol. The third-order valence-electron chi connectivity index (χ3n) is 15.8. The summed E-state index contributed by atoms with van der Waals surface area (Å²) in [5, 5.41) is 6.63. The van der Waals surface area contributed by atoms with Crippen LogP contribution in [0.4, 0.5) is 0 Å². The molecule has 8 aromatic carbocycles. The van der Waals surface area contributed by atoms with E-state index in [2.05, 4.69) is 150 Å². The molecule has 0 radical (unpaired) electrons. The predicted octanol–water partition coefficient (Wildman–Crippen LogP) is 15.9. The van der Waals surface area contributed by atoms with E-state index in [1.165, 1.54) is 60.4 Å². The topological polar surface area (TPSA) is 69.9 Å². The molecule has 0 amide bonds. The van der Waals surface area contributed by atoms with Gasteiger partial charge in [-0.25, -0.2) is 15.0 Å². The van der Waals surface area contributed by atoms with E-state index in [1.807, 2.05) is 30.3 Å². The zero-order valence-electron chi connectivity index (χ0n) is 36.8. The van der Waals surface area contributed by atoms with Crippen LogP contribution < -0.4 is 0 Å². The first-order valence-corrected chi connectivity index (χ1v) is 23.9. The minimum Gasteiger partial charge on any atom is -0.455 e. The van der Waals surface area contributed by atoms with Crippen LogP contribution in [0.5, 0.6) is 0 Å². The molecule has 6 heteroatoms. The van der Waals surface area contributed by atoms with Crippen molar-refractivity contribution in [2.45, 2.75) is 43.9 Å². The van der Waals surface area contributed by atoms with E-state index < -0.39 is 0 Å². The first-order chi connectivity index (χ1) is 33.1. The highest BCUT2D eigenvalue weighted by Crippen LogP contribution is 2.61. The number of nitrogens with zero attached hydrogens (tertiary/aromatic N) is 4. The van der Waals surface area contributed by atoms with Crippen molar-refractivity contribution in [2.24, 2.45) is 17.8 Å². The third-order valence-corrected chi connectivity index (χ3v) is 15.8. The molecule has 320 valence electrons. The van der Waals surface area contributed by atoms with Crippen LogP contribution in [0.15, 0.2) is 185 Å². The van der Waals surface area contributed by atoms with E-state index in [1.54, 1.807) is 0 Å². The number of hydrogen-bond acceptors (Lipinski definition) is 5. The summed E-state index contributed by atoms with van der Waals surface area (Å²) in [6.07, 6.45) is 8.39. The molecule has 0 atom stereocenters. The van der Waals surface area contributed by atoms with Crippen LogP contribution in [0, 0.1) is 17.8 Å². The lowest BCUT2D eigenvalue weighted by molar-refractivity contribution is -0.00518. The molecule has 16 rings (SSSR count). The largest absolute Gasteiger partial charge is 0.455 e. The molecule has 4 saturated carbocycles. The van der Waals surface area contributed by atoms with Gasteiger partial charge in [-0.05, 0) is 145 Å². The highest BCUT2D eigenvalue weighted by molar-refractivity contribution is 6.12. The van der Waals surface area contributed by atoms with Crippen LogP contribution >= 0.6 is 0 Å². The predicted molar refractivity (Wildman–Crippen MR) is 270 cm³/mol. The molecule has 67 heavy (non-hydrogen) atoms. The Hall–Kier alpha value is -7.83. The van der Waals surface area contributed by atoms with Crippen LogP contribution in [-0.4, -0.2) is 19.5 Å². The number of benzene rings is 8. The average Bonchev–Trinajstić information content (AvgIpc) is 4.06. The third kappa shape index (κ3) is 5.72. The van der Waals surface area contributed by atoms with Crippen molar-refractivity contribution in [1.82, 2.24) is 19.5 Å². The van der Waals surface area contributed by atoms with Gasteiger partial charge in [0.15, 0.2) is 17.5 Å². The summed E-state index contributed by atoms with van der Waals surface area (Å²) in [5.74, 6) is 4.34. The summed E-state index contributed by atoms with van der Waals surface area (Å²) in [6, 6.07) is 62.6. The van der Waals surface area contributed by atoms with E-state index in [9.17, 15) is 0 Å². The van der Waals surface area contributed by atoms with Gasteiger partial charge in [-0.1, -0.05) is 109 Å². The number of fused-ring (bicyclic) bond motifs is 9. The fourth-order valence-electron chi connectivity index (χ4n) is 13.3. The molecule has 4 bridgehead atoms. The fraction of sp³-hybridized carbons (Fsp3) is 0.164. The average molecular weight is 865 g/mol. The van der Waals surface area contributed by atoms with Crippen LogP contribution in [0.3, 0.4) is 0 Å². The Bertz CT molecular complexity index is 3880. The second-order valence-corrected chi connectivity index (χ2v) is 19.8. The normalized spacial score (nSPS) is 20.1. The van der Waals surface area contributed by atoms with E-state index in [4.69, 9.17) is 23.8 Å². The molecule has 4 aliphatic rings. The quantitative estimate of drug-likeness (QED) is 0.167. The molecule has 0 spiro atoms. The van der Waals surface area contributed by atoms with Crippen molar-refractivity contribution < 1.29 is 8.83 Å². The van der Waals surface area contributed by atoms with Crippen LogP contribution in [0.2, 0.25) is 0 Å². The van der Waals surface area contributed by atoms with E-state index >= 15 is 0 Å². The van der Waals surface area contributed by atoms with Crippen molar-refractivity contribution in [3.63, 3.8) is 0 Å². The summed E-state index contributed by atoms with van der Waals surface area (Å²) in [6.45, 7) is 0. The van der Waals surface area contributed by atoms with Crippen LogP contribution in [0.25, 0.3) is 117 Å². The maximum atomic E-state index is 6.79. The van der Waals surface area contributed by atoms with Gasteiger partial charge in [0.25, 0.3) is 0 Å². The van der Waals surface area contributed by atoms with Gasteiger partial charge in [-0.2, -0.15) is 0 Å². The second kappa shape index (κ2) is 14.1.